The monoisotopic (exact) mass is 890 g/mol. The Bertz CT molecular complexity index is 3870. The first-order valence-electron chi connectivity index (χ1n) is 23.9. The molecule has 0 atom stereocenters. The van der Waals surface area contributed by atoms with E-state index < -0.39 is 0 Å². The van der Waals surface area contributed by atoms with Crippen LogP contribution in [0.25, 0.3) is 97.9 Å². The van der Waals surface area contributed by atoms with E-state index >= 15 is 0 Å². The number of anilines is 6. The second-order valence-electron chi connectivity index (χ2n) is 18.3. The molecular formula is C66H42N4. The summed E-state index contributed by atoms with van der Waals surface area (Å²) in [6.45, 7) is 0. The van der Waals surface area contributed by atoms with Crippen molar-refractivity contribution in [2.75, 3.05) is 9.80 Å². The zero-order valence-electron chi connectivity index (χ0n) is 38.0. The van der Waals surface area contributed by atoms with Crippen molar-refractivity contribution in [2.45, 2.75) is 0 Å². The second-order valence-corrected chi connectivity index (χ2v) is 18.3. The number of hydrogen-bond acceptors (Lipinski definition) is 4. The van der Waals surface area contributed by atoms with Gasteiger partial charge in [-0.05, 0) is 160 Å². The average Bonchev–Trinajstić information content (AvgIpc) is 3.42. The molecule has 4 heteroatoms. The number of hydrogen-bond donors (Lipinski definition) is 0. The summed E-state index contributed by atoms with van der Waals surface area (Å²) in [4.78, 5) is 15.1. The van der Waals surface area contributed by atoms with E-state index in [1.165, 1.54) is 75.4 Å². The van der Waals surface area contributed by atoms with Gasteiger partial charge in [0.15, 0.2) is 0 Å². The number of fused-ring (bicyclic) bond motifs is 4. The van der Waals surface area contributed by atoms with Gasteiger partial charge in [0.1, 0.15) is 0 Å². The lowest BCUT2D eigenvalue weighted by molar-refractivity contribution is 1.24. The summed E-state index contributed by atoms with van der Waals surface area (Å²) in [5, 5.41) is 16.8. The number of aromatic nitrogens is 2. The lowest BCUT2D eigenvalue weighted by Crippen LogP contribution is -2.10. The molecule has 0 aliphatic heterocycles. The van der Waals surface area contributed by atoms with Crippen molar-refractivity contribution in [3.63, 3.8) is 0 Å². The van der Waals surface area contributed by atoms with E-state index in [0.717, 1.165) is 56.6 Å². The largest absolute Gasteiger partial charge is 0.309 e. The van der Waals surface area contributed by atoms with Gasteiger partial charge in [-0.15, -0.1) is 0 Å². The standard InChI is InChI=1S/C66H42N4/c1-5-15-47-35-53(27-23-43(47)11-1)69(54-28-24-44-12-2-6-16-48(44)36-54)57-31-33-63(67-41-57)61-39-51-19-10-22-60-62(40-52-20-9-21-59(61)65(52)66(51)60)64-34-32-58(42-68-64)70(55-29-25-45-13-3-7-17-49(45)37-55)56-30-26-46-14-4-8-18-50(46)38-56/h1-42H. The van der Waals surface area contributed by atoms with Gasteiger partial charge in [-0.2, -0.15) is 0 Å². The molecule has 0 radical (unpaired) electrons. The highest BCUT2D eigenvalue weighted by atomic mass is 15.2. The summed E-state index contributed by atoms with van der Waals surface area (Å²) in [6.07, 6.45) is 4.05. The minimum absolute atomic E-state index is 0.930. The maximum Gasteiger partial charge on any atom is 0.0710 e. The van der Waals surface area contributed by atoms with Gasteiger partial charge in [0.25, 0.3) is 0 Å². The molecule has 4 nitrogen and oxygen atoms in total. The van der Waals surface area contributed by atoms with E-state index in [1.807, 2.05) is 12.4 Å². The van der Waals surface area contributed by atoms with Gasteiger partial charge in [0, 0.05) is 33.9 Å². The maximum atomic E-state index is 5.26. The van der Waals surface area contributed by atoms with Crippen molar-refractivity contribution in [3.8, 4) is 22.5 Å². The van der Waals surface area contributed by atoms with Crippen LogP contribution in [-0.2, 0) is 0 Å². The summed E-state index contributed by atoms with van der Waals surface area (Å²) in [5.41, 5.74) is 10.4. The summed E-state index contributed by atoms with van der Waals surface area (Å²) >= 11 is 0. The average molecular weight is 891 g/mol. The molecular weight excluding hydrogens is 849 g/mol. The molecule has 0 fully saturated rings. The van der Waals surface area contributed by atoms with E-state index in [-0.39, 0.29) is 0 Å². The van der Waals surface area contributed by atoms with E-state index in [4.69, 9.17) is 9.97 Å². The van der Waals surface area contributed by atoms with Crippen LogP contribution in [0.4, 0.5) is 34.1 Å². The molecule has 0 N–H and O–H groups in total. The molecule has 0 saturated carbocycles. The van der Waals surface area contributed by atoms with Gasteiger partial charge in [-0.1, -0.05) is 158 Å². The quantitative estimate of drug-likeness (QED) is 0.142. The minimum atomic E-state index is 0.930. The fraction of sp³-hybridized carbons (Fsp3) is 0. The van der Waals surface area contributed by atoms with Crippen molar-refractivity contribution < 1.29 is 0 Å². The molecule has 70 heavy (non-hydrogen) atoms. The zero-order chi connectivity index (χ0) is 46.1. The topological polar surface area (TPSA) is 32.3 Å². The van der Waals surface area contributed by atoms with Crippen LogP contribution in [0.3, 0.4) is 0 Å². The van der Waals surface area contributed by atoms with Gasteiger partial charge in [-0.3, -0.25) is 9.97 Å². The molecule has 0 spiro atoms. The van der Waals surface area contributed by atoms with E-state index in [0.29, 0.717) is 0 Å². The van der Waals surface area contributed by atoms with Gasteiger partial charge < -0.3 is 9.80 Å². The van der Waals surface area contributed by atoms with Crippen LogP contribution in [0.5, 0.6) is 0 Å². The summed E-state index contributed by atoms with van der Waals surface area (Å²) < 4.78 is 0. The number of nitrogens with zero attached hydrogens (tertiary/aromatic N) is 4. The van der Waals surface area contributed by atoms with Crippen molar-refractivity contribution >= 4 is 110 Å². The summed E-state index contributed by atoms with van der Waals surface area (Å²) in [6, 6.07) is 87.6. The highest BCUT2D eigenvalue weighted by Gasteiger charge is 2.21. The molecule has 0 aliphatic rings. The van der Waals surface area contributed by atoms with Gasteiger partial charge in [0.2, 0.25) is 0 Å². The lowest BCUT2D eigenvalue weighted by Gasteiger charge is -2.26. The molecule has 2 heterocycles. The zero-order valence-corrected chi connectivity index (χ0v) is 38.0. The van der Waals surface area contributed by atoms with Gasteiger partial charge in [0.05, 0.1) is 35.2 Å². The van der Waals surface area contributed by atoms with Crippen LogP contribution in [0, 0.1) is 0 Å². The Balaban J connectivity index is 0.855. The van der Waals surface area contributed by atoms with Crippen molar-refractivity contribution in [1.29, 1.82) is 0 Å². The Kier molecular flexibility index (Phi) is 9.17. The van der Waals surface area contributed by atoms with Crippen LogP contribution in [0.2, 0.25) is 0 Å². The molecule has 326 valence electrons. The highest BCUT2D eigenvalue weighted by molar-refractivity contribution is 6.28. The molecule has 0 amide bonds. The first-order chi connectivity index (χ1) is 34.7. The van der Waals surface area contributed by atoms with E-state index in [2.05, 4.69) is 252 Å². The third-order valence-electron chi connectivity index (χ3n) is 14.2. The van der Waals surface area contributed by atoms with Crippen LogP contribution < -0.4 is 9.80 Å². The molecule has 0 unspecified atom stereocenters. The number of pyridine rings is 2. The fourth-order valence-electron chi connectivity index (χ4n) is 10.8. The van der Waals surface area contributed by atoms with Crippen LogP contribution >= 0.6 is 0 Å². The van der Waals surface area contributed by atoms with Crippen LogP contribution in [-0.4, -0.2) is 9.97 Å². The van der Waals surface area contributed by atoms with E-state index in [9.17, 15) is 0 Å². The molecule has 14 aromatic rings. The van der Waals surface area contributed by atoms with Crippen LogP contribution in [0.15, 0.2) is 255 Å². The third kappa shape index (κ3) is 6.69. The fourth-order valence-corrected chi connectivity index (χ4v) is 10.8. The predicted molar refractivity (Wildman–Crippen MR) is 296 cm³/mol. The van der Waals surface area contributed by atoms with Crippen molar-refractivity contribution in [3.05, 3.63) is 255 Å². The molecule has 2 aromatic heterocycles. The molecule has 12 aromatic carbocycles. The normalized spacial score (nSPS) is 11.7. The Morgan fingerprint density at radius 2 is 0.529 bits per heavy atom. The van der Waals surface area contributed by atoms with Gasteiger partial charge >= 0.3 is 0 Å². The highest BCUT2D eigenvalue weighted by Crippen LogP contribution is 2.45. The number of rotatable bonds is 8. The summed E-state index contributed by atoms with van der Waals surface area (Å²) in [5.74, 6) is 0. The Morgan fingerprint density at radius 1 is 0.229 bits per heavy atom. The van der Waals surface area contributed by atoms with Gasteiger partial charge in [-0.25, -0.2) is 0 Å². The SMILES string of the molecule is c1ccc2cc(N(c3ccc(-c4cc5cccc6c(-c7ccc(N(c8ccc9ccccc9c8)c8ccc9ccccc9c8)cn7)cc7cccc4c7c56)nc3)c3ccc4ccccc4c3)ccc2c1. The maximum absolute atomic E-state index is 5.26. The number of benzene rings is 12. The molecule has 0 bridgehead atoms. The lowest BCUT2D eigenvalue weighted by atomic mass is 9.87. The van der Waals surface area contributed by atoms with Crippen molar-refractivity contribution in [1.82, 2.24) is 9.97 Å². The minimum Gasteiger partial charge on any atom is -0.309 e. The first kappa shape index (κ1) is 39.8. The Morgan fingerprint density at radius 3 is 0.843 bits per heavy atom. The van der Waals surface area contributed by atoms with Crippen LogP contribution in [0.1, 0.15) is 0 Å². The third-order valence-corrected chi connectivity index (χ3v) is 14.2. The Hall–Kier alpha value is -9.38. The molecule has 0 aliphatic carbocycles. The smallest absolute Gasteiger partial charge is 0.0710 e. The molecule has 0 saturated heterocycles. The molecule has 14 rings (SSSR count). The first-order valence-corrected chi connectivity index (χ1v) is 23.9. The summed E-state index contributed by atoms with van der Waals surface area (Å²) in [7, 11) is 0. The Labute approximate surface area is 404 Å². The van der Waals surface area contributed by atoms with Crippen molar-refractivity contribution in [2.24, 2.45) is 0 Å². The van der Waals surface area contributed by atoms with E-state index in [1.54, 1.807) is 0 Å². The predicted octanol–water partition coefficient (Wildman–Crippen LogP) is 18.3. The second kappa shape index (κ2) is 16.2.